The van der Waals surface area contributed by atoms with Crippen LogP contribution in [0.15, 0.2) is 34.0 Å². The van der Waals surface area contributed by atoms with Crippen LogP contribution in [0.3, 0.4) is 0 Å². The summed E-state index contributed by atoms with van der Waals surface area (Å²) >= 11 is 0. The van der Waals surface area contributed by atoms with Gasteiger partial charge < -0.3 is 5.11 Å². The van der Waals surface area contributed by atoms with Gasteiger partial charge in [-0.1, -0.05) is 6.07 Å². The van der Waals surface area contributed by atoms with Crippen LogP contribution in [0.1, 0.15) is 21.5 Å². The van der Waals surface area contributed by atoms with Gasteiger partial charge in [-0.15, -0.1) is 0 Å². The molecule has 1 aromatic heterocycles. The van der Waals surface area contributed by atoms with Crippen molar-refractivity contribution in [2.24, 2.45) is 0 Å². The minimum Gasteiger partial charge on any atom is -0.478 e. The number of carbonyl (C=O) groups is 1. The summed E-state index contributed by atoms with van der Waals surface area (Å²) in [6.07, 6.45) is -4.64. The van der Waals surface area contributed by atoms with Crippen LogP contribution in [0.2, 0.25) is 0 Å². The van der Waals surface area contributed by atoms with E-state index in [0.29, 0.717) is 10.8 Å². The number of nitrogens with zero attached hydrogens (tertiary/aromatic N) is 1. The van der Waals surface area contributed by atoms with Crippen molar-refractivity contribution in [3.63, 3.8) is 0 Å². The van der Waals surface area contributed by atoms with Crippen LogP contribution < -0.4 is 11.2 Å². The molecule has 0 saturated heterocycles. The first-order valence-corrected chi connectivity index (χ1v) is 6.02. The van der Waals surface area contributed by atoms with Gasteiger partial charge in [-0.25, -0.2) is 14.0 Å². The van der Waals surface area contributed by atoms with Gasteiger partial charge in [0.05, 0.1) is 12.1 Å². The molecule has 0 atom stereocenters. The molecule has 2 rings (SSSR count). The van der Waals surface area contributed by atoms with Gasteiger partial charge in [0, 0.05) is 6.20 Å². The first kappa shape index (κ1) is 16.5. The second-order valence-corrected chi connectivity index (χ2v) is 4.55. The second kappa shape index (κ2) is 5.71. The molecule has 0 spiro atoms. The predicted octanol–water partition coefficient (Wildman–Crippen LogP) is 1.44. The molecular formula is C13H8F4N2O4. The van der Waals surface area contributed by atoms with E-state index in [-0.39, 0.29) is 5.56 Å². The Morgan fingerprint density at radius 1 is 1.26 bits per heavy atom. The van der Waals surface area contributed by atoms with Crippen molar-refractivity contribution in [3.05, 3.63) is 67.7 Å². The third kappa shape index (κ3) is 3.47. The van der Waals surface area contributed by atoms with Crippen molar-refractivity contribution in [2.75, 3.05) is 0 Å². The molecule has 0 bridgehead atoms. The zero-order chi connectivity index (χ0) is 17.4. The van der Waals surface area contributed by atoms with Crippen LogP contribution in [0.5, 0.6) is 0 Å². The van der Waals surface area contributed by atoms with Crippen molar-refractivity contribution in [3.8, 4) is 0 Å². The van der Waals surface area contributed by atoms with Crippen molar-refractivity contribution >= 4 is 5.97 Å². The first-order valence-electron chi connectivity index (χ1n) is 6.02. The minimum atomic E-state index is -4.96. The van der Waals surface area contributed by atoms with Gasteiger partial charge in [-0.2, -0.15) is 13.2 Å². The van der Waals surface area contributed by atoms with Crippen LogP contribution in [0.25, 0.3) is 0 Å². The molecule has 1 heterocycles. The monoisotopic (exact) mass is 332 g/mol. The third-order valence-corrected chi connectivity index (χ3v) is 2.93. The number of H-pyrrole nitrogens is 1. The van der Waals surface area contributed by atoms with E-state index in [9.17, 15) is 31.9 Å². The number of carboxylic acids is 1. The molecule has 0 saturated carbocycles. The Balaban J connectivity index is 2.49. The summed E-state index contributed by atoms with van der Waals surface area (Å²) in [5, 5.41) is 8.79. The number of halogens is 4. The maximum Gasteiger partial charge on any atom is 0.423 e. The highest BCUT2D eigenvalue weighted by molar-refractivity contribution is 5.88. The number of benzene rings is 1. The Labute approximate surface area is 124 Å². The highest BCUT2D eigenvalue weighted by atomic mass is 19.4. The zero-order valence-corrected chi connectivity index (χ0v) is 11.1. The number of rotatable bonds is 3. The Hall–Kier alpha value is -2.91. The summed E-state index contributed by atoms with van der Waals surface area (Å²) in [6.45, 7) is -0.473. The smallest absolute Gasteiger partial charge is 0.423 e. The molecule has 6 nitrogen and oxygen atoms in total. The molecule has 0 radical (unpaired) electrons. The van der Waals surface area contributed by atoms with Crippen LogP contribution >= 0.6 is 0 Å². The van der Waals surface area contributed by atoms with Crippen molar-refractivity contribution in [1.29, 1.82) is 0 Å². The first-order chi connectivity index (χ1) is 10.6. The molecule has 10 heteroatoms. The normalized spacial score (nSPS) is 11.5. The van der Waals surface area contributed by atoms with Gasteiger partial charge in [-0.05, 0) is 17.7 Å². The molecule has 2 aromatic rings. The predicted molar refractivity (Wildman–Crippen MR) is 68.8 cm³/mol. The lowest BCUT2D eigenvalue weighted by Crippen LogP contribution is -2.34. The van der Waals surface area contributed by atoms with Crippen molar-refractivity contribution in [2.45, 2.75) is 12.7 Å². The summed E-state index contributed by atoms with van der Waals surface area (Å²) in [7, 11) is 0. The van der Waals surface area contributed by atoms with Gasteiger partial charge >= 0.3 is 17.8 Å². The summed E-state index contributed by atoms with van der Waals surface area (Å²) in [5.41, 5.74) is -4.87. The standard InChI is InChI=1S/C13H8F4N2O4/c14-9-2-1-6(3-7(9)11(21)22)4-19-5-8(13(15,16)17)10(20)18-12(19)23/h1-3,5H,4H2,(H,21,22)(H,18,20,23). The van der Waals surface area contributed by atoms with E-state index in [0.717, 1.165) is 18.2 Å². The average molecular weight is 332 g/mol. The van der Waals surface area contributed by atoms with E-state index < -0.39 is 46.9 Å². The van der Waals surface area contributed by atoms with Crippen molar-refractivity contribution in [1.82, 2.24) is 9.55 Å². The van der Waals surface area contributed by atoms with E-state index in [1.165, 1.54) is 4.98 Å². The van der Waals surface area contributed by atoms with Crippen LogP contribution in [-0.4, -0.2) is 20.6 Å². The number of nitrogens with one attached hydrogen (secondary N) is 1. The molecule has 0 fully saturated rings. The fourth-order valence-corrected chi connectivity index (χ4v) is 1.86. The number of hydrogen-bond acceptors (Lipinski definition) is 3. The molecule has 2 N–H and O–H groups in total. The summed E-state index contributed by atoms with van der Waals surface area (Å²) < 4.78 is 51.8. The van der Waals surface area contributed by atoms with E-state index in [1.54, 1.807) is 0 Å². The number of aromatic amines is 1. The van der Waals surface area contributed by atoms with Crippen LogP contribution in [0, 0.1) is 5.82 Å². The van der Waals surface area contributed by atoms with Gasteiger partial charge in [0.2, 0.25) is 0 Å². The lowest BCUT2D eigenvalue weighted by molar-refractivity contribution is -0.139. The number of hydrogen-bond donors (Lipinski definition) is 2. The van der Waals surface area contributed by atoms with Gasteiger partial charge in [0.1, 0.15) is 11.4 Å². The zero-order valence-electron chi connectivity index (χ0n) is 11.1. The van der Waals surface area contributed by atoms with Gasteiger partial charge in [0.15, 0.2) is 0 Å². The number of alkyl halides is 3. The highest BCUT2D eigenvalue weighted by Crippen LogP contribution is 2.25. The fourth-order valence-electron chi connectivity index (χ4n) is 1.86. The molecule has 122 valence electrons. The largest absolute Gasteiger partial charge is 0.478 e. The quantitative estimate of drug-likeness (QED) is 0.832. The number of aromatic carboxylic acids is 1. The molecular weight excluding hydrogens is 324 g/mol. The molecule has 1 aromatic carbocycles. The second-order valence-electron chi connectivity index (χ2n) is 4.55. The fraction of sp³-hybridized carbons (Fsp3) is 0.154. The molecule has 0 aliphatic heterocycles. The lowest BCUT2D eigenvalue weighted by atomic mass is 10.1. The minimum absolute atomic E-state index is 0.0751. The van der Waals surface area contributed by atoms with Crippen molar-refractivity contribution < 1.29 is 27.5 Å². The van der Waals surface area contributed by atoms with E-state index in [2.05, 4.69) is 0 Å². The number of aromatic nitrogens is 2. The maximum atomic E-state index is 13.3. The van der Waals surface area contributed by atoms with Crippen LogP contribution in [-0.2, 0) is 12.7 Å². The molecule has 0 unspecified atom stereocenters. The lowest BCUT2D eigenvalue weighted by Gasteiger charge is -2.10. The summed E-state index contributed by atoms with van der Waals surface area (Å²) in [5.74, 6) is -2.58. The van der Waals surface area contributed by atoms with Gasteiger partial charge in [-0.3, -0.25) is 14.3 Å². The molecule has 23 heavy (non-hydrogen) atoms. The topological polar surface area (TPSA) is 92.2 Å². The van der Waals surface area contributed by atoms with E-state index >= 15 is 0 Å². The Bertz CT molecular complexity index is 883. The highest BCUT2D eigenvalue weighted by Gasteiger charge is 2.34. The summed E-state index contributed by atoms with van der Waals surface area (Å²) in [6, 6.07) is 2.83. The third-order valence-electron chi connectivity index (χ3n) is 2.93. The van der Waals surface area contributed by atoms with Gasteiger partial charge in [0.25, 0.3) is 5.56 Å². The Morgan fingerprint density at radius 2 is 1.91 bits per heavy atom. The maximum absolute atomic E-state index is 13.3. The Kier molecular flexibility index (Phi) is 4.08. The molecule has 0 amide bonds. The SMILES string of the molecule is O=C(O)c1cc(Cn2cc(C(F)(F)F)c(=O)[nH]c2=O)ccc1F. The van der Waals surface area contributed by atoms with Crippen LogP contribution in [0.4, 0.5) is 17.6 Å². The molecule has 0 aliphatic carbocycles. The summed E-state index contributed by atoms with van der Waals surface area (Å²) in [4.78, 5) is 35.1. The van der Waals surface area contributed by atoms with E-state index in [1.807, 2.05) is 0 Å². The number of carboxylic acid groups (broad SMARTS) is 1. The van der Waals surface area contributed by atoms with E-state index in [4.69, 9.17) is 5.11 Å². The Morgan fingerprint density at radius 3 is 2.48 bits per heavy atom. The average Bonchev–Trinajstić information content (AvgIpc) is 2.42. The molecule has 0 aliphatic rings.